The minimum atomic E-state index is -0.105. The van der Waals surface area contributed by atoms with Gasteiger partial charge in [-0.05, 0) is 12.3 Å². The van der Waals surface area contributed by atoms with E-state index >= 15 is 0 Å². The second kappa shape index (κ2) is 7.69. The molecule has 7 heteroatoms. The first-order valence-electron chi connectivity index (χ1n) is 7.75. The Labute approximate surface area is 130 Å². The van der Waals surface area contributed by atoms with Crippen molar-refractivity contribution in [3.8, 4) is 0 Å². The molecule has 0 saturated carbocycles. The standard InChI is InChI=1S/C15H25N3O4/c1-10(2)4-5-14(20)18-6-11(8-19)12(7-18)15-16-13(9-21-3)17-22-15/h10-12,19H,4-9H2,1-3H3/t11-,12+/m0/s1. The van der Waals surface area contributed by atoms with Crippen LogP contribution in [-0.4, -0.2) is 52.9 Å². The summed E-state index contributed by atoms with van der Waals surface area (Å²) < 4.78 is 10.2. The number of ether oxygens (including phenoxy) is 1. The molecule has 0 aromatic carbocycles. The summed E-state index contributed by atoms with van der Waals surface area (Å²) in [6, 6.07) is 0. The van der Waals surface area contributed by atoms with E-state index in [1.807, 2.05) is 0 Å². The summed E-state index contributed by atoms with van der Waals surface area (Å²) in [6.07, 6.45) is 1.42. The van der Waals surface area contributed by atoms with Gasteiger partial charge in [0, 0.05) is 39.1 Å². The van der Waals surface area contributed by atoms with Crippen LogP contribution in [0, 0.1) is 11.8 Å². The van der Waals surface area contributed by atoms with Gasteiger partial charge in [0.1, 0.15) is 6.61 Å². The SMILES string of the molecule is COCc1noc([C@@H]2CN(C(=O)CCC(C)C)C[C@H]2CO)n1. The molecule has 22 heavy (non-hydrogen) atoms. The molecule has 1 amide bonds. The molecular weight excluding hydrogens is 286 g/mol. The van der Waals surface area contributed by atoms with Crippen molar-refractivity contribution < 1.29 is 19.2 Å². The van der Waals surface area contributed by atoms with Gasteiger partial charge in [-0.1, -0.05) is 19.0 Å². The Morgan fingerprint density at radius 2 is 2.27 bits per heavy atom. The van der Waals surface area contributed by atoms with Crippen molar-refractivity contribution >= 4 is 5.91 Å². The molecule has 1 fully saturated rings. The smallest absolute Gasteiger partial charge is 0.232 e. The van der Waals surface area contributed by atoms with Crippen molar-refractivity contribution in [3.05, 3.63) is 11.7 Å². The molecule has 1 N–H and O–H groups in total. The number of aliphatic hydroxyl groups excluding tert-OH is 1. The average Bonchev–Trinajstić information content (AvgIpc) is 3.11. The maximum absolute atomic E-state index is 12.3. The number of amides is 1. The number of rotatable bonds is 7. The highest BCUT2D eigenvalue weighted by atomic mass is 16.5. The van der Waals surface area contributed by atoms with E-state index < -0.39 is 0 Å². The Morgan fingerprint density at radius 1 is 1.50 bits per heavy atom. The van der Waals surface area contributed by atoms with Crippen LogP contribution in [0.15, 0.2) is 4.52 Å². The lowest BCUT2D eigenvalue weighted by atomic mass is 9.97. The van der Waals surface area contributed by atoms with Crippen LogP contribution in [0.4, 0.5) is 0 Å². The number of hydrogen-bond donors (Lipinski definition) is 1. The molecule has 0 bridgehead atoms. The van der Waals surface area contributed by atoms with E-state index in [1.165, 1.54) is 0 Å². The Bertz CT molecular complexity index is 489. The minimum absolute atomic E-state index is 0.000613. The molecule has 0 unspecified atom stereocenters. The number of aromatic nitrogens is 2. The molecule has 1 aliphatic heterocycles. The predicted octanol–water partition coefficient (Wildman–Crippen LogP) is 1.19. The lowest BCUT2D eigenvalue weighted by Gasteiger charge is -2.16. The minimum Gasteiger partial charge on any atom is -0.396 e. The van der Waals surface area contributed by atoms with Gasteiger partial charge in [-0.25, -0.2) is 0 Å². The number of aliphatic hydroxyl groups is 1. The lowest BCUT2D eigenvalue weighted by molar-refractivity contribution is -0.130. The van der Waals surface area contributed by atoms with E-state index in [0.29, 0.717) is 37.1 Å². The fourth-order valence-corrected chi connectivity index (χ4v) is 2.72. The Morgan fingerprint density at radius 3 is 2.91 bits per heavy atom. The van der Waals surface area contributed by atoms with E-state index in [1.54, 1.807) is 12.0 Å². The molecule has 2 heterocycles. The zero-order valence-electron chi connectivity index (χ0n) is 13.5. The highest BCUT2D eigenvalue weighted by Gasteiger charge is 2.38. The van der Waals surface area contributed by atoms with Crippen LogP contribution >= 0.6 is 0 Å². The van der Waals surface area contributed by atoms with Crippen molar-refractivity contribution in [3.63, 3.8) is 0 Å². The fourth-order valence-electron chi connectivity index (χ4n) is 2.72. The predicted molar refractivity (Wildman–Crippen MR) is 79.0 cm³/mol. The van der Waals surface area contributed by atoms with Crippen molar-refractivity contribution in [2.75, 3.05) is 26.8 Å². The first-order chi connectivity index (χ1) is 10.5. The van der Waals surface area contributed by atoms with E-state index in [9.17, 15) is 9.90 Å². The van der Waals surface area contributed by atoms with Crippen molar-refractivity contribution in [1.82, 2.24) is 15.0 Å². The largest absolute Gasteiger partial charge is 0.396 e. The number of carbonyl (C=O) groups excluding carboxylic acids is 1. The molecule has 0 spiro atoms. The second-order valence-corrected chi connectivity index (χ2v) is 6.26. The first kappa shape index (κ1) is 16.9. The third-order valence-electron chi connectivity index (χ3n) is 4.04. The van der Waals surface area contributed by atoms with Crippen molar-refractivity contribution in [1.29, 1.82) is 0 Å². The summed E-state index contributed by atoms with van der Waals surface area (Å²) in [4.78, 5) is 18.3. The van der Waals surface area contributed by atoms with Crippen LogP contribution in [0.5, 0.6) is 0 Å². The quantitative estimate of drug-likeness (QED) is 0.813. The van der Waals surface area contributed by atoms with Crippen LogP contribution in [0.1, 0.15) is 44.3 Å². The third kappa shape index (κ3) is 4.04. The maximum atomic E-state index is 12.3. The number of hydrogen-bond acceptors (Lipinski definition) is 6. The second-order valence-electron chi connectivity index (χ2n) is 6.26. The first-order valence-corrected chi connectivity index (χ1v) is 7.75. The van der Waals surface area contributed by atoms with Gasteiger partial charge in [0.05, 0.1) is 5.92 Å². The van der Waals surface area contributed by atoms with E-state index in [-0.39, 0.29) is 31.0 Å². The molecular formula is C15H25N3O4. The van der Waals surface area contributed by atoms with Crippen LogP contribution in [0.2, 0.25) is 0 Å². The molecule has 1 aromatic heterocycles. The summed E-state index contributed by atoms with van der Waals surface area (Å²) in [5.41, 5.74) is 0. The summed E-state index contributed by atoms with van der Waals surface area (Å²) in [5.74, 6) is 1.43. The molecule has 7 nitrogen and oxygen atoms in total. The number of carbonyl (C=O) groups is 1. The molecule has 0 radical (unpaired) electrons. The van der Waals surface area contributed by atoms with Gasteiger partial charge >= 0.3 is 0 Å². The molecule has 0 aliphatic carbocycles. The Balaban J connectivity index is 2.00. The molecule has 124 valence electrons. The van der Waals surface area contributed by atoms with Gasteiger partial charge in [0.2, 0.25) is 11.8 Å². The van der Waals surface area contributed by atoms with Gasteiger partial charge in [-0.2, -0.15) is 4.98 Å². The summed E-state index contributed by atoms with van der Waals surface area (Å²) in [6.45, 7) is 5.56. The van der Waals surface area contributed by atoms with Crippen LogP contribution in [0.3, 0.4) is 0 Å². The monoisotopic (exact) mass is 311 g/mol. The van der Waals surface area contributed by atoms with E-state index in [4.69, 9.17) is 9.26 Å². The van der Waals surface area contributed by atoms with E-state index in [0.717, 1.165) is 6.42 Å². The van der Waals surface area contributed by atoms with Crippen molar-refractivity contribution in [2.24, 2.45) is 11.8 Å². The zero-order valence-corrected chi connectivity index (χ0v) is 13.5. The number of likely N-dealkylation sites (tertiary alicyclic amines) is 1. The summed E-state index contributed by atoms with van der Waals surface area (Å²) in [5, 5.41) is 13.4. The summed E-state index contributed by atoms with van der Waals surface area (Å²) in [7, 11) is 1.57. The van der Waals surface area contributed by atoms with Gasteiger partial charge in [-0.15, -0.1) is 0 Å². The topological polar surface area (TPSA) is 88.7 Å². The van der Waals surface area contributed by atoms with Crippen LogP contribution < -0.4 is 0 Å². The normalized spacial score (nSPS) is 21.8. The number of nitrogens with zero attached hydrogens (tertiary/aromatic N) is 3. The molecule has 1 aromatic rings. The molecule has 1 saturated heterocycles. The fraction of sp³-hybridized carbons (Fsp3) is 0.800. The summed E-state index contributed by atoms with van der Waals surface area (Å²) >= 11 is 0. The maximum Gasteiger partial charge on any atom is 0.232 e. The molecule has 2 rings (SSSR count). The highest BCUT2D eigenvalue weighted by molar-refractivity contribution is 5.76. The number of methoxy groups -OCH3 is 1. The Kier molecular flexibility index (Phi) is 5.90. The van der Waals surface area contributed by atoms with E-state index in [2.05, 4.69) is 24.0 Å². The van der Waals surface area contributed by atoms with Crippen LogP contribution in [0.25, 0.3) is 0 Å². The van der Waals surface area contributed by atoms with Crippen molar-refractivity contribution in [2.45, 2.75) is 39.2 Å². The third-order valence-corrected chi connectivity index (χ3v) is 4.04. The Hall–Kier alpha value is -1.47. The average molecular weight is 311 g/mol. The van der Waals surface area contributed by atoms with Crippen LogP contribution in [-0.2, 0) is 16.1 Å². The van der Waals surface area contributed by atoms with Gasteiger partial charge < -0.3 is 19.3 Å². The van der Waals surface area contributed by atoms with Gasteiger partial charge in [-0.3, -0.25) is 4.79 Å². The molecule has 2 atom stereocenters. The molecule has 1 aliphatic rings. The van der Waals surface area contributed by atoms with Gasteiger partial charge in [0.25, 0.3) is 0 Å². The lowest BCUT2D eigenvalue weighted by Crippen LogP contribution is -2.29. The zero-order chi connectivity index (χ0) is 16.1. The van der Waals surface area contributed by atoms with Gasteiger partial charge in [0.15, 0.2) is 5.82 Å². The highest BCUT2D eigenvalue weighted by Crippen LogP contribution is 2.32.